The Bertz CT molecular complexity index is 662. The highest BCUT2D eigenvalue weighted by Gasteiger charge is 2.44. The molecule has 0 saturated carbocycles. The average Bonchev–Trinajstić information content (AvgIpc) is 2.86. The molecule has 3 aliphatic heterocycles. The van der Waals surface area contributed by atoms with E-state index in [1.165, 1.54) is 4.90 Å². The summed E-state index contributed by atoms with van der Waals surface area (Å²) < 4.78 is 0. The van der Waals surface area contributed by atoms with Crippen molar-refractivity contribution in [2.75, 3.05) is 37.6 Å². The Morgan fingerprint density at radius 2 is 1.69 bits per heavy atom. The summed E-state index contributed by atoms with van der Waals surface area (Å²) in [4.78, 5) is 39.7. The fourth-order valence-electron chi connectivity index (χ4n) is 4.51. The number of hydrogen-bond donors (Lipinski definition) is 0. The monoisotopic (exact) mass is 357 g/mol. The predicted molar refractivity (Wildman–Crippen MR) is 97.4 cm³/mol. The molecule has 4 heterocycles. The molecule has 3 saturated heterocycles. The van der Waals surface area contributed by atoms with Crippen molar-refractivity contribution in [3.05, 3.63) is 18.5 Å². The molecule has 2 amide bonds. The van der Waals surface area contributed by atoms with Crippen LogP contribution in [0.3, 0.4) is 0 Å². The number of carbonyl (C=O) groups is 2. The zero-order valence-corrected chi connectivity index (χ0v) is 15.5. The number of hydrogen-bond acceptors (Lipinski definition) is 6. The number of fused-ring (bicyclic) bond motifs is 1. The van der Waals surface area contributed by atoms with Crippen molar-refractivity contribution in [1.29, 1.82) is 0 Å². The van der Waals surface area contributed by atoms with Gasteiger partial charge in [-0.3, -0.25) is 19.4 Å². The molecule has 0 spiro atoms. The van der Waals surface area contributed by atoms with Gasteiger partial charge in [-0.1, -0.05) is 13.8 Å². The third kappa shape index (κ3) is 3.09. The van der Waals surface area contributed by atoms with Gasteiger partial charge in [0.15, 0.2) is 0 Å². The lowest BCUT2D eigenvalue weighted by Crippen LogP contribution is -2.57. The van der Waals surface area contributed by atoms with Crippen LogP contribution in [0.5, 0.6) is 0 Å². The zero-order chi connectivity index (χ0) is 18.3. The maximum absolute atomic E-state index is 12.4. The Kier molecular flexibility index (Phi) is 4.65. The van der Waals surface area contributed by atoms with Crippen LogP contribution in [0.2, 0.25) is 0 Å². The molecule has 4 rings (SSSR count). The van der Waals surface area contributed by atoms with E-state index in [0.717, 1.165) is 45.0 Å². The molecule has 0 aliphatic carbocycles. The van der Waals surface area contributed by atoms with Gasteiger partial charge in [0.25, 0.3) is 0 Å². The first-order valence-corrected chi connectivity index (χ1v) is 9.66. The molecular formula is C19H27N5O2. The first kappa shape index (κ1) is 17.4. The maximum Gasteiger partial charge on any atom is 0.232 e. The van der Waals surface area contributed by atoms with E-state index in [1.54, 1.807) is 12.4 Å². The second-order valence-electron chi connectivity index (χ2n) is 7.95. The van der Waals surface area contributed by atoms with Crippen molar-refractivity contribution < 1.29 is 9.59 Å². The van der Waals surface area contributed by atoms with Crippen LogP contribution in [0.15, 0.2) is 18.5 Å². The number of carbonyl (C=O) groups excluding carboxylic acids is 2. The number of likely N-dealkylation sites (tertiary alicyclic amines) is 1. The normalized spacial score (nSPS) is 32.8. The van der Waals surface area contributed by atoms with Gasteiger partial charge in [-0.2, -0.15) is 0 Å². The van der Waals surface area contributed by atoms with Crippen LogP contribution >= 0.6 is 0 Å². The van der Waals surface area contributed by atoms with Crippen LogP contribution in [-0.4, -0.2) is 70.3 Å². The summed E-state index contributed by atoms with van der Waals surface area (Å²) in [5.74, 6) is 0.870. The molecule has 4 atom stereocenters. The standard InChI is InChI=1S/C19H27N5O2/c1-13-14(2)18(26)24(17(13)25)11-15-4-5-16-12-23(9-8-22(16)10-15)19-20-6-3-7-21-19/h3,6-7,13-16H,4-5,8-12H2,1-2H3/t13?,14?,15-,16-/m0/s1. The van der Waals surface area contributed by atoms with Crippen molar-refractivity contribution in [2.45, 2.75) is 32.7 Å². The molecule has 26 heavy (non-hydrogen) atoms. The van der Waals surface area contributed by atoms with Gasteiger partial charge in [-0.25, -0.2) is 9.97 Å². The van der Waals surface area contributed by atoms with E-state index in [1.807, 2.05) is 19.9 Å². The second-order valence-corrected chi connectivity index (χ2v) is 7.95. The number of aromatic nitrogens is 2. The smallest absolute Gasteiger partial charge is 0.232 e. The third-order valence-corrected chi connectivity index (χ3v) is 6.34. The molecule has 0 radical (unpaired) electrons. The fraction of sp³-hybridized carbons (Fsp3) is 0.684. The topological polar surface area (TPSA) is 69.6 Å². The lowest BCUT2D eigenvalue weighted by Gasteiger charge is -2.46. The van der Waals surface area contributed by atoms with E-state index < -0.39 is 0 Å². The molecule has 0 aromatic carbocycles. The number of piperidine rings is 1. The Labute approximate surface area is 154 Å². The largest absolute Gasteiger partial charge is 0.338 e. The number of imide groups is 1. The second kappa shape index (κ2) is 6.95. The summed E-state index contributed by atoms with van der Waals surface area (Å²) in [5, 5.41) is 0. The number of amides is 2. The summed E-state index contributed by atoms with van der Waals surface area (Å²) in [7, 11) is 0. The molecule has 3 fully saturated rings. The lowest BCUT2D eigenvalue weighted by molar-refractivity contribution is -0.140. The highest BCUT2D eigenvalue weighted by molar-refractivity contribution is 6.04. The SMILES string of the molecule is CC1C(=O)N(C[C@H]2CC[C@H]3CN(c4ncccn4)CCN3C2)C(=O)C1C. The van der Waals surface area contributed by atoms with E-state index in [0.29, 0.717) is 18.5 Å². The molecule has 140 valence electrons. The van der Waals surface area contributed by atoms with E-state index in [9.17, 15) is 9.59 Å². The van der Waals surface area contributed by atoms with Crippen LogP contribution in [0.25, 0.3) is 0 Å². The molecule has 2 unspecified atom stereocenters. The van der Waals surface area contributed by atoms with Crippen molar-refractivity contribution in [2.24, 2.45) is 17.8 Å². The molecule has 7 heteroatoms. The Hall–Kier alpha value is -2.02. The van der Waals surface area contributed by atoms with Gasteiger partial charge in [0.2, 0.25) is 17.8 Å². The van der Waals surface area contributed by atoms with Gasteiger partial charge in [0, 0.05) is 63.0 Å². The Morgan fingerprint density at radius 1 is 1.00 bits per heavy atom. The van der Waals surface area contributed by atoms with E-state index in [2.05, 4.69) is 19.8 Å². The highest BCUT2D eigenvalue weighted by atomic mass is 16.2. The summed E-state index contributed by atoms with van der Waals surface area (Å²) in [5.41, 5.74) is 0. The molecule has 1 aromatic rings. The van der Waals surface area contributed by atoms with E-state index >= 15 is 0 Å². The minimum atomic E-state index is -0.173. The van der Waals surface area contributed by atoms with Crippen LogP contribution in [0.1, 0.15) is 26.7 Å². The van der Waals surface area contributed by atoms with Crippen LogP contribution in [0, 0.1) is 17.8 Å². The van der Waals surface area contributed by atoms with Crippen LogP contribution < -0.4 is 4.90 Å². The third-order valence-electron chi connectivity index (χ3n) is 6.34. The van der Waals surface area contributed by atoms with Gasteiger partial charge < -0.3 is 4.90 Å². The van der Waals surface area contributed by atoms with Gasteiger partial charge in [0.1, 0.15) is 0 Å². The minimum absolute atomic E-state index is 0.00988. The number of piperazine rings is 1. The Balaban J connectivity index is 1.35. The first-order chi connectivity index (χ1) is 12.5. The van der Waals surface area contributed by atoms with Gasteiger partial charge >= 0.3 is 0 Å². The van der Waals surface area contributed by atoms with E-state index in [4.69, 9.17) is 0 Å². The maximum atomic E-state index is 12.4. The van der Waals surface area contributed by atoms with Crippen molar-refractivity contribution in [3.63, 3.8) is 0 Å². The summed E-state index contributed by atoms with van der Waals surface area (Å²) in [6.45, 7) is 8.14. The zero-order valence-electron chi connectivity index (χ0n) is 15.5. The number of rotatable bonds is 3. The van der Waals surface area contributed by atoms with Crippen molar-refractivity contribution in [1.82, 2.24) is 19.8 Å². The number of nitrogens with zero attached hydrogens (tertiary/aromatic N) is 5. The summed E-state index contributed by atoms with van der Waals surface area (Å²) >= 11 is 0. The van der Waals surface area contributed by atoms with E-state index in [-0.39, 0.29) is 23.7 Å². The summed E-state index contributed by atoms with van der Waals surface area (Å²) in [6.07, 6.45) is 5.73. The summed E-state index contributed by atoms with van der Waals surface area (Å²) in [6, 6.07) is 2.35. The molecule has 7 nitrogen and oxygen atoms in total. The van der Waals surface area contributed by atoms with Gasteiger partial charge in [0.05, 0.1) is 0 Å². The molecule has 3 aliphatic rings. The van der Waals surface area contributed by atoms with Gasteiger partial charge in [-0.15, -0.1) is 0 Å². The first-order valence-electron chi connectivity index (χ1n) is 9.66. The fourth-order valence-corrected chi connectivity index (χ4v) is 4.51. The molecule has 1 aromatic heterocycles. The predicted octanol–water partition coefficient (Wildman–Crippen LogP) is 1.02. The Morgan fingerprint density at radius 3 is 2.38 bits per heavy atom. The average molecular weight is 357 g/mol. The molecule has 0 bridgehead atoms. The molecular weight excluding hydrogens is 330 g/mol. The highest BCUT2D eigenvalue weighted by Crippen LogP contribution is 2.30. The van der Waals surface area contributed by atoms with Gasteiger partial charge in [-0.05, 0) is 24.8 Å². The van der Waals surface area contributed by atoms with Crippen molar-refractivity contribution >= 4 is 17.8 Å². The minimum Gasteiger partial charge on any atom is -0.338 e. The quantitative estimate of drug-likeness (QED) is 0.753. The lowest BCUT2D eigenvalue weighted by atomic mass is 9.90. The molecule has 0 N–H and O–H groups in total. The van der Waals surface area contributed by atoms with Crippen LogP contribution in [0.4, 0.5) is 5.95 Å². The van der Waals surface area contributed by atoms with Crippen molar-refractivity contribution in [3.8, 4) is 0 Å². The number of anilines is 1. The van der Waals surface area contributed by atoms with Crippen LogP contribution in [-0.2, 0) is 9.59 Å².